The lowest BCUT2D eigenvalue weighted by Crippen LogP contribution is -2.32. The zero-order chi connectivity index (χ0) is 14.8. The van der Waals surface area contributed by atoms with Crippen molar-refractivity contribution in [3.05, 3.63) is 27.8 Å². The number of rotatable bonds is 5. The average Bonchev–Trinajstić information content (AvgIpc) is 2.86. The molecule has 1 N–H and O–H groups in total. The van der Waals surface area contributed by atoms with Gasteiger partial charge in [0.25, 0.3) is 0 Å². The number of carboxylic acid groups (broad SMARTS) is 1. The van der Waals surface area contributed by atoms with Crippen LogP contribution in [0.25, 0.3) is 11.4 Å². The van der Waals surface area contributed by atoms with Gasteiger partial charge in [0.05, 0.1) is 12.0 Å². The minimum Gasteiger partial charge on any atom is -0.481 e. The molecule has 1 aromatic heterocycles. The fraction of sp³-hybridized carbons (Fsp3) is 0.385. The molecule has 0 aliphatic heterocycles. The molecule has 0 saturated carbocycles. The number of benzene rings is 1. The van der Waals surface area contributed by atoms with Crippen LogP contribution in [0.5, 0.6) is 0 Å². The standard InChI is InChI=1S/C13H15IN4O2/c1-3-13(2,12(19)20)8-18-11(15-16-17-18)9-6-4-5-7-10(9)14/h4-7H,3,8H2,1-2H3,(H,19,20). The lowest BCUT2D eigenvalue weighted by atomic mass is 9.88. The van der Waals surface area contributed by atoms with Crippen LogP contribution in [-0.4, -0.2) is 31.3 Å². The summed E-state index contributed by atoms with van der Waals surface area (Å²) in [5.41, 5.74) is 0.0200. The lowest BCUT2D eigenvalue weighted by molar-refractivity contribution is -0.149. The molecule has 0 aliphatic carbocycles. The van der Waals surface area contributed by atoms with Crippen LogP contribution in [0.3, 0.4) is 0 Å². The summed E-state index contributed by atoms with van der Waals surface area (Å²) in [4.78, 5) is 11.4. The van der Waals surface area contributed by atoms with Gasteiger partial charge < -0.3 is 5.11 Å². The van der Waals surface area contributed by atoms with Gasteiger partial charge in [-0.2, -0.15) is 0 Å². The predicted molar refractivity (Wildman–Crippen MR) is 82.0 cm³/mol. The number of hydrogen-bond donors (Lipinski definition) is 1. The van der Waals surface area contributed by atoms with Gasteiger partial charge in [0.1, 0.15) is 0 Å². The second-order valence-corrected chi connectivity index (χ2v) is 6.02. The van der Waals surface area contributed by atoms with Gasteiger partial charge in [-0.15, -0.1) is 5.10 Å². The molecule has 106 valence electrons. The van der Waals surface area contributed by atoms with Crippen molar-refractivity contribution in [3.63, 3.8) is 0 Å². The van der Waals surface area contributed by atoms with Gasteiger partial charge in [-0.25, -0.2) is 4.68 Å². The summed E-state index contributed by atoms with van der Waals surface area (Å²) in [7, 11) is 0. The van der Waals surface area contributed by atoms with E-state index in [9.17, 15) is 9.90 Å². The smallest absolute Gasteiger partial charge is 0.311 e. The molecule has 0 aliphatic rings. The Morgan fingerprint density at radius 2 is 2.15 bits per heavy atom. The number of nitrogens with zero attached hydrogens (tertiary/aromatic N) is 4. The van der Waals surface area contributed by atoms with Crippen molar-refractivity contribution in [2.24, 2.45) is 5.41 Å². The molecule has 1 unspecified atom stereocenters. The maximum absolute atomic E-state index is 11.4. The SMILES string of the molecule is CCC(C)(Cn1nnnc1-c1ccccc1I)C(=O)O. The van der Waals surface area contributed by atoms with Gasteiger partial charge in [0, 0.05) is 9.13 Å². The molecule has 2 aromatic rings. The summed E-state index contributed by atoms with van der Waals surface area (Å²) in [6.45, 7) is 3.80. The maximum Gasteiger partial charge on any atom is 0.311 e. The topological polar surface area (TPSA) is 80.9 Å². The summed E-state index contributed by atoms with van der Waals surface area (Å²) in [5.74, 6) is -0.250. The fourth-order valence-corrected chi connectivity index (χ4v) is 2.44. The highest BCUT2D eigenvalue weighted by atomic mass is 127. The van der Waals surface area contributed by atoms with Crippen LogP contribution in [0.2, 0.25) is 0 Å². The number of aliphatic carboxylic acids is 1. The van der Waals surface area contributed by atoms with Crippen molar-refractivity contribution in [3.8, 4) is 11.4 Å². The third-order valence-electron chi connectivity index (χ3n) is 3.44. The Hall–Kier alpha value is -1.51. The number of carbonyl (C=O) groups is 1. The van der Waals surface area contributed by atoms with Gasteiger partial charge in [-0.05, 0) is 52.4 Å². The molecule has 2 rings (SSSR count). The number of carboxylic acids is 1. The van der Waals surface area contributed by atoms with Crippen LogP contribution in [0.1, 0.15) is 20.3 Å². The van der Waals surface area contributed by atoms with Gasteiger partial charge in [0.15, 0.2) is 5.82 Å². The lowest BCUT2D eigenvalue weighted by Gasteiger charge is -2.22. The van der Waals surface area contributed by atoms with Crippen LogP contribution >= 0.6 is 22.6 Å². The van der Waals surface area contributed by atoms with Crippen molar-refractivity contribution in [2.75, 3.05) is 0 Å². The van der Waals surface area contributed by atoms with E-state index >= 15 is 0 Å². The number of tetrazole rings is 1. The molecule has 0 saturated heterocycles. The molecule has 0 amide bonds. The van der Waals surface area contributed by atoms with E-state index in [4.69, 9.17) is 0 Å². The summed E-state index contributed by atoms with van der Waals surface area (Å²) in [6.07, 6.45) is 0.507. The van der Waals surface area contributed by atoms with Gasteiger partial charge in [-0.3, -0.25) is 4.79 Å². The molecule has 1 aromatic carbocycles. The first-order valence-corrected chi connectivity index (χ1v) is 7.30. The molecule has 20 heavy (non-hydrogen) atoms. The molecule has 1 heterocycles. The Morgan fingerprint density at radius 1 is 1.45 bits per heavy atom. The van der Waals surface area contributed by atoms with Crippen molar-refractivity contribution in [2.45, 2.75) is 26.8 Å². The minimum absolute atomic E-state index is 0.242. The second kappa shape index (κ2) is 5.86. The largest absolute Gasteiger partial charge is 0.481 e. The number of halogens is 1. The highest BCUT2D eigenvalue weighted by Gasteiger charge is 2.33. The van der Waals surface area contributed by atoms with Gasteiger partial charge >= 0.3 is 5.97 Å². The molecule has 0 fully saturated rings. The predicted octanol–water partition coefficient (Wildman–Crippen LogP) is 2.45. The molecular weight excluding hydrogens is 371 g/mol. The summed E-state index contributed by atoms with van der Waals surface area (Å²) in [6, 6.07) is 7.73. The highest BCUT2D eigenvalue weighted by Crippen LogP contribution is 2.27. The first kappa shape index (κ1) is 14.9. The van der Waals surface area contributed by atoms with Crippen LogP contribution in [-0.2, 0) is 11.3 Å². The monoisotopic (exact) mass is 386 g/mol. The van der Waals surface area contributed by atoms with E-state index in [1.165, 1.54) is 0 Å². The highest BCUT2D eigenvalue weighted by molar-refractivity contribution is 14.1. The molecule has 6 nitrogen and oxygen atoms in total. The third kappa shape index (κ3) is 2.82. The van der Waals surface area contributed by atoms with Crippen LogP contribution in [0, 0.1) is 8.99 Å². The Morgan fingerprint density at radius 3 is 2.75 bits per heavy atom. The van der Waals surface area contributed by atoms with Crippen LogP contribution < -0.4 is 0 Å². The molecule has 0 spiro atoms. The Bertz CT molecular complexity index is 628. The van der Waals surface area contributed by atoms with E-state index in [2.05, 4.69) is 38.1 Å². The molecule has 1 atom stereocenters. The molecular formula is C13H15IN4O2. The minimum atomic E-state index is -0.885. The van der Waals surface area contributed by atoms with E-state index in [-0.39, 0.29) is 6.54 Å². The molecule has 7 heteroatoms. The molecule has 0 bridgehead atoms. The number of aromatic nitrogens is 4. The van der Waals surface area contributed by atoms with Crippen molar-refractivity contribution in [1.82, 2.24) is 20.2 Å². The Kier molecular flexibility index (Phi) is 4.36. The first-order valence-electron chi connectivity index (χ1n) is 6.22. The zero-order valence-electron chi connectivity index (χ0n) is 11.2. The van der Waals surface area contributed by atoms with E-state index in [1.54, 1.807) is 11.6 Å². The Labute approximate surface area is 130 Å². The zero-order valence-corrected chi connectivity index (χ0v) is 13.4. The quantitative estimate of drug-likeness (QED) is 0.799. The summed E-state index contributed by atoms with van der Waals surface area (Å²) in [5, 5.41) is 21.0. The fourth-order valence-electron chi connectivity index (χ4n) is 1.81. The van der Waals surface area contributed by atoms with Crippen molar-refractivity contribution in [1.29, 1.82) is 0 Å². The normalized spacial score (nSPS) is 13.9. The summed E-state index contributed by atoms with van der Waals surface area (Å²) < 4.78 is 2.59. The van der Waals surface area contributed by atoms with Crippen molar-refractivity contribution < 1.29 is 9.90 Å². The molecule has 0 radical (unpaired) electrons. The van der Waals surface area contributed by atoms with E-state index in [0.29, 0.717) is 12.2 Å². The van der Waals surface area contributed by atoms with Crippen molar-refractivity contribution >= 4 is 28.6 Å². The Balaban J connectivity index is 2.40. The van der Waals surface area contributed by atoms with Gasteiger partial charge in [-0.1, -0.05) is 25.1 Å². The van der Waals surface area contributed by atoms with Crippen LogP contribution in [0.4, 0.5) is 0 Å². The van der Waals surface area contributed by atoms with E-state index in [0.717, 1.165) is 9.13 Å². The maximum atomic E-state index is 11.4. The van der Waals surface area contributed by atoms with Gasteiger partial charge in [0.2, 0.25) is 0 Å². The third-order valence-corrected chi connectivity index (χ3v) is 4.38. The number of hydrogen-bond acceptors (Lipinski definition) is 4. The summed E-state index contributed by atoms with van der Waals surface area (Å²) >= 11 is 2.21. The average molecular weight is 386 g/mol. The van der Waals surface area contributed by atoms with E-state index < -0.39 is 11.4 Å². The van der Waals surface area contributed by atoms with E-state index in [1.807, 2.05) is 31.2 Å². The second-order valence-electron chi connectivity index (χ2n) is 4.86. The first-order chi connectivity index (χ1) is 9.48. The van der Waals surface area contributed by atoms with Crippen LogP contribution in [0.15, 0.2) is 24.3 Å².